The number of alkyl halides is 2. The Labute approximate surface area is 173 Å². The summed E-state index contributed by atoms with van der Waals surface area (Å²) in [7, 11) is 0. The van der Waals surface area contributed by atoms with Gasteiger partial charge in [-0.05, 0) is 25.1 Å². The second kappa shape index (κ2) is 10.1. The number of pyridine rings is 1. The van der Waals surface area contributed by atoms with E-state index in [9.17, 15) is 27.2 Å². The molecule has 7 nitrogen and oxygen atoms in total. The molecule has 3 N–H and O–H groups in total. The Balaban J connectivity index is 2.28. The van der Waals surface area contributed by atoms with Crippen LogP contribution in [0.3, 0.4) is 0 Å². The van der Waals surface area contributed by atoms with Gasteiger partial charge in [0.1, 0.15) is 12.4 Å². The van der Waals surface area contributed by atoms with E-state index >= 15 is 0 Å². The van der Waals surface area contributed by atoms with E-state index in [0.29, 0.717) is 0 Å². The highest BCUT2D eigenvalue weighted by atomic mass is 35.5. The maximum Gasteiger partial charge on any atom is 0.334 e. The first-order chi connectivity index (χ1) is 14.1. The van der Waals surface area contributed by atoms with E-state index in [4.69, 9.17) is 16.3 Å². The summed E-state index contributed by atoms with van der Waals surface area (Å²) in [4.78, 5) is 26.4. The van der Waals surface area contributed by atoms with Crippen molar-refractivity contribution in [2.75, 3.05) is 6.61 Å². The van der Waals surface area contributed by atoms with Crippen LogP contribution in [0.5, 0.6) is 5.75 Å². The maximum atomic E-state index is 14.6. The number of urea groups is 1. The highest BCUT2D eigenvalue weighted by molar-refractivity contribution is 6.31. The highest BCUT2D eigenvalue weighted by Gasteiger charge is 2.20. The number of hydrogen-bond donors (Lipinski definition) is 3. The molecule has 1 atom stereocenters. The van der Waals surface area contributed by atoms with E-state index in [1.807, 2.05) is 5.43 Å². The van der Waals surface area contributed by atoms with Gasteiger partial charge in [0.15, 0.2) is 11.6 Å². The van der Waals surface area contributed by atoms with Crippen LogP contribution in [0.15, 0.2) is 24.4 Å². The third kappa shape index (κ3) is 6.21. The lowest BCUT2D eigenvalue weighted by molar-refractivity contribution is -0.119. The van der Waals surface area contributed by atoms with Crippen molar-refractivity contribution in [1.82, 2.24) is 21.2 Å². The topological polar surface area (TPSA) is 92.4 Å². The van der Waals surface area contributed by atoms with Crippen molar-refractivity contribution in [1.29, 1.82) is 0 Å². The molecule has 3 amide bonds. The molecule has 1 unspecified atom stereocenters. The molecule has 12 heteroatoms. The van der Waals surface area contributed by atoms with E-state index < -0.39 is 48.4 Å². The largest absolute Gasteiger partial charge is 0.484 e. The number of benzene rings is 1. The Bertz CT molecular complexity index is 946. The molecule has 30 heavy (non-hydrogen) atoms. The molecule has 0 bridgehead atoms. The molecule has 0 fully saturated rings. The number of amides is 3. The third-order valence-corrected chi connectivity index (χ3v) is 3.87. The molecular weight excluding hydrogens is 432 g/mol. The molecule has 0 aliphatic carbocycles. The number of rotatable bonds is 6. The fraction of sp³-hybridized carbons (Fsp3) is 0.278. The molecule has 1 heterocycles. The lowest BCUT2D eigenvalue weighted by Gasteiger charge is -2.17. The van der Waals surface area contributed by atoms with E-state index in [1.54, 1.807) is 0 Å². The molecule has 0 radical (unpaired) electrons. The molecule has 1 aromatic carbocycles. The minimum atomic E-state index is -2.85. The van der Waals surface area contributed by atoms with E-state index in [2.05, 4.69) is 15.7 Å². The third-order valence-electron chi connectivity index (χ3n) is 3.65. The van der Waals surface area contributed by atoms with Gasteiger partial charge in [-0.2, -0.15) is 0 Å². The van der Waals surface area contributed by atoms with Crippen molar-refractivity contribution >= 4 is 23.5 Å². The van der Waals surface area contributed by atoms with Crippen LogP contribution in [-0.2, 0) is 4.79 Å². The van der Waals surface area contributed by atoms with Crippen LogP contribution in [0.2, 0.25) is 5.02 Å². The van der Waals surface area contributed by atoms with Crippen molar-refractivity contribution in [2.24, 2.45) is 0 Å². The van der Waals surface area contributed by atoms with Gasteiger partial charge in [0.25, 0.3) is 6.43 Å². The SMILES string of the molecule is CC(=O)NNC(=O)NC(C)c1ncc(-c2cc(Cl)cc(F)c2OCC(F)F)cc1F. The maximum absolute atomic E-state index is 14.6. The van der Waals surface area contributed by atoms with Gasteiger partial charge >= 0.3 is 6.03 Å². The monoisotopic (exact) mass is 448 g/mol. The van der Waals surface area contributed by atoms with Crippen molar-refractivity contribution in [3.63, 3.8) is 0 Å². The lowest BCUT2D eigenvalue weighted by atomic mass is 10.0. The van der Waals surface area contributed by atoms with Gasteiger partial charge < -0.3 is 10.1 Å². The molecule has 0 aliphatic rings. The highest BCUT2D eigenvalue weighted by Crippen LogP contribution is 2.36. The van der Waals surface area contributed by atoms with Crippen molar-refractivity contribution in [3.8, 4) is 16.9 Å². The summed E-state index contributed by atoms with van der Waals surface area (Å²) >= 11 is 5.82. The Morgan fingerprint density at radius 2 is 1.87 bits per heavy atom. The summed E-state index contributed by atoms with van der Waals surface area (Å²) in [6.45, 7) is 1.56. The van der Waals surface area contributed by atoms with Crippen molar-refractivity contribution in [2.45, 2.75) is 26.3 Å². The average molecular weight is 449 g/mol. The number of carbonyl (C=O) groups is 2. The van der Waals surface area contributed by atoms with Gasteiger partial charge in [-0.25, -0.2) is 27.8 Å². The molecular formula is C18H17ClF4N4O3. The molecule has 2 aromatic rings. The van der Waals surface area contributed by atoms with Gasteiger partial charge in [-0.1, -0.05) is 11.6 Å². The predicted molar refractivity (Wildman–Crippen MR) is 100.0 cm³/mol. The van der Waals surface area contributed by atoms with Crippen LogP contribution in [-0.4, -0.2) is 30.0 Å². The number of carbonyl (C=O) groups excluding carboxylic acids is 2. The number of nitrogens with zero attached hydrogens (tertiary/aromatic N) is 1. The van der Waals surface area contributed by atoms with Crippen LogP contribution in [0.1, 0.15) is 25.6 Å². The minimum absolute atomic E-state index is 0.0248. The number of aromatic nitrogens is 1. The van der Waals surface area contributed by atoms with E-state index in [1.165, 1.54) is 19.9 Å². The summed E-state index contributed by atoms with van der Waals surface area (Å²) in [6, 6.07) is 1.38. The quantitative estimate of drug-likeness (QED) is 0.464. The van der Waals surface area contributed by atoms with Crippen molar-refractivity contribution in [3.05, 3.63) is 46.7 Å². The zero-order valence-corrected chi connectivity index (χ0v) is 16.5. The summed E-state index contributed by atoms with van der Waals surface area (Å²) in [5.41, 5.74) is 3.90. The first kappa shape index (κ1) is 23.2. The number of ether oxygens (including phenoxy) is 1. The standard InChI is InChI=1S/C18H17ClF4N4O3/c1-8(25-18(29)27-26-9(2)28)16-13(20)3-10(6-24-16)12-4-11(19)5-14(21)17(12)30-7-15(22)23/h3-6,8,15H,7H2,1-2H3,(H,26,28)(H2,25,27,29). The first-order valence-corrected chi connectivity index (χ1v) is 8.85. The molecule has 0 aliphatic heterocycles. The second-order valence-electron chi connectivity index (χ2n) is 6.06. The Morgan fingerprint density at radius 3 is 2.47 bits per heavy atom. The molecule has 0 saturated carbocycles. The van der Waals surface area contributed by atoms with Gasteiger partial charge in [-0.15, -0.1) is 0 Å². The fourth-order valence-corrected chi connectivity index (χ4v) is 2.63. The smallest absolute Gasteiger partial charge is 0.334 e. The van der Waals surface area contributed by atoms with Crippen LogP contribution in [0.25, 0.3) is 11.1 Å². The number of hydrazine groups is 1. The first-order valence-electron chi connectivity index (χ1n) is 8.47. The Morgan fingerprint density at radius 1 is 1.17 bits per heavy atom. The number of halogens is 5. The molecule has 162 valence electrons. The molecule has 1 aromatic heterocycles. The Hall–Kier alpha value is -3.08. The van der Waals surface area contributed by atoms with Gasteiger partial charge in [0.2, 0.25) is 5.91 Å². The minimum Gasteiger partial charge on any atom is -0.484 e. The average Bonchev–Trinajstić information content (AvgIpc) is 2.64. The van der Waals surface area contributed by atoms with Gasteiger partial charge in [0, 0.05) is 29.3 Å². The zero-order chi connectivity index (χ0) is 22.4. The van der Waals surface area contributed by atoms with Gasteiger partial charge in [-0.3, -0.25) is 15.2 Å². The molecule has 2 rings (SSSR count). The van der Waals surface area contributed by atoms with Gasteiger partial charge in [0.05, 0.1) is 11.7 Å². The molecule has 0 spiro atoms. The fourth-order valence-electron chi connectivity index (χ4n) is 2.43. The van der Waals surface area contributed by atoms with E-state index in [-0.39, 0.29) is 21.8 Å². The Kier molecular flexibility index (Phi) is 7.81. The van der Waals surface area contributed by atoms with Crippen LogP contribution < -0.4 is 20.9 Å². The summed E-state index contributed by atoms with van der Waals surface area (Å²) in [5.74, 6) is -2.88. The second-order valence-corrected chi connectivity index (χ2v) is 6.50. The summed E-state index contributed by atoms with van der Waals surface area (Å²) in [6.07, 6.45) is -1.69. The van der Waals surface area contributed by atoms with Crippen LogP contribution in [0, 0.1) is 11.6 Å². The number of hydrogen-bond acceptors (Lipinski definition) is 4. The number of nitrogens with one attached hydrogen (secondary N) is 3. The lowest BCUT2D eigenvalue weighted by Crippen LogP contribution is -2.46. The molecule has 0 saturated heterocycles. The zero-order valence-electron chi connectivity index (χ0n) is 15.7. The van der Waals surface area contributed by atoms with Crippen molar-refractivity contribution < 1.29 is 31.9 Å². The van der Waals surface area contributed by atoms with Crippen LogP contribution >= 0.6 is 11.6 Å². The predicted octanol–water partition coefficient (Wildman–Crippen LogP) is 3.74. The summed E-state index contributed by atoms with van der Waals surface area (Å²) in [5, 5.41) is 2.30. The normalized spacial score (nSPS) is 11.7. The summed E-state index contributed by atoms with van der Waals surface area (Å²) < 4.78 is 58.5. The van der Waals surface area contributed by atoms with E-state index in [0.717, 1.165) is 18.3 Å². The van der Waals surface area contributed by atoms with Crippen LogP contribution in [0.4, 0.5) is 22.4 Å².